The van der Waals surface area contributed by atoms with E-state index in [4.69, 9.17) is 0 Å². The first kappa shape index (κ1) is 14.3. The van der Waals surface area contributed by atoms with Gasteiger partial charge in [0.25, 0.3) is 0 Å². The van der Waals surface area contributed by atoms with E-state index in [9.17, 15) is 9.90 Å². The molecular formula is C16H20N2O2. The van der Waals surface area contributed by atoms with E-state index in [0.717, 1.165) is 16.3 Å². The maximum atomic E-state index is 11.6. The lowest BCUT2D eigenvalue weighted by molar-refractivity contribution is -0.120. The SMILES string of the molecule is CC(C)NC(=O)CNCc1c(O)ccc2ccccc12. The van der Waals surface area contributed by atoms with E-state index in [2.05, 4.69) is 10.6 Å². The molecule has 0 aliphatic rings. The molecule has 0 aliphatic heterocycles. The summed E-state index contributed by atoms with van der Waals surface area (Å²) in [5.41, 5.74) is 0.820. The normalized spacial score (nSPS) is 10.9. The van der Waals surface area contributed by atoms with Crippen LogP contribution in [0.15, 0.2) is 36.4 Å². The van der Waals surface area contributed by atoms with E-state index >= 15 is 0 Å². The van der Waals surface area contributed by atoms with Gasteiger partial charge in [-0.25, -0.2) is 0 Å². The summed E-state index contributed by atoms with van der Waals surface area (Å²) >= 11 is 0. The third-order valence-electron chi connectivity index (χ3n) is 3.05. The van der Waals surface area contributed by atoms with Gasteiger partial charge in [0.15, 0.2) is 0 Å². The highest BCUT2D eigenvalue weighted by atomic mass is 16.3. The van der Waals surface area contributed by atoms with Crippen molar-refractivity contribution in [3.05, 3.63) is 42.0 Å². The van der Waals surface area contributed by atoms with Crippen molar-refractivity contribution in [1.29, 1.82) is 0 Å². The molecule has 4 heteroatoms. The van der Waals surface area contributed by atoms with Crippen molar-refractivity contribution < 1.29 is 9.90 Å². The molecule has 0 spiro atoms. The second kappa shape index (κ2) is 6.39. The van der Waals surface area contributed by atoms with E-state index in [1.54, 1.807) is 6.07 Å². The highest BCUT2D eigenvalue weighted by Crippen LogP contribution is 2.26. The van der Waals surface area contributed by atoms with Crippen molar-refractivity contribution in [2.24, 2.45) is 0 Å². The Morgan fingerprint density at radius 2 is 1.95 bits per heavy atom. The molecule has 106 valence electrons. The van der Waals surface area contributed by atoms with Crippen LogP contribution in [0.3, 0.4) is 0 Å². The van der Waals surface area contributed by atoms with Crippen LogP contribution in [0.25, 0.3) is 10.8 Å². The average molecular weight is 272 g/mol. The molecule has 0 fully saturated rings. The number of rotatable bonds is 5. The minimum absolute atomic E-state index is 0.0419. The molecule has 2 aromatic rings. The zero-order valence-electron chi connectivity index (χ0n) is 11.8. The molecule has 0 heterocycles. The molecule has 0 radical (unpaired) electrons. The van der Waals surface area contributed by atoms with Gasteiger partial charge in [0.05, 0.1) is 6.54 Å². The van der Waals surface area contributed by atoms with Gasteiger partial charge in [-0.3, -0.25) is 4.79 Å². The van der Waals surface area contributed by atoms with Crippen LogP contribution in [0.1, 0.15) is 19.4 Å². The van der Waals surface area contributed by atoms with Gasteiger partial charge in [-0.15, -0.1) is 0 Å². The van der Waals surface area contributed by atoms with Crippen LogP contribution in [-0.2, 0) is 11.3 Å². The van der Waals surface area contributed by atoms with Crippen LogP contribution >= 0.6 is 0 Å². The molecule has 0 bridgehead atoms. The van der Waals surface area contributed by atoms with Gasteiger partial charge in [0.1, 0.15) is 5.75 Å². The smallest absolute Gasteiger partial charge is 0.234 e. The Hall–Kier alpha value is -2.07. The summed E-state index contributed by atoms with van der Waals surface area (Å²) in [6.45, 7) is 4.54. The van der Waals surface area contributed by atoms with Crippen LogP contribution in [0.2, 0.25) is 0 Å². The Kier molecular flexibility index (Phi) is 4.58. The fourth-order valence-corrected chi connectivity index (χ4v) is 2.18. The number of phenolic OH excluding ortho intramolecular Hbond substituents is 1. The molecule has 0 saturated carbocycles. The summed E-state index contributed by atoms with van der Waals surface area (Å²) in [7, 11) is 0. The number of hydrogen-bond acceptors (Lipinski definition) is 3. The lowest BCUT2D eigenvalue weighted by Gasteiger charge is -2.12. The zero-order valence-corrected chi connectivity index (χ0v) is 11.8. The molecule has 0 unspecified atom stereocenters. The summed E-state index contributed by atoms with van der Waals surface area (Å²) in [6.07, 6.45) is 0. The Balaban J connectivity index is 2.06. The largest absolute Gasteiger partial charge is 0.508 e. The van der Waals surface area contributed by atoms with Gasteiger partial charge in [-0.1, -0.05) is 30.3 Å². The van der Waals surface area contributed by atoms with Gasteiger partial charge in [-0.05, 0) is 30.7 Å². The van der Waals surface area contributed by atoms with E-state index in [1.807, 2.05) is 44.2 Å². The molecule has 0 saturated heterocycles. The van der Waals surface area contributed by atoms with E-state index in [1.165, 1.54) is 0 Å². The lowest BCUT2D eigenvalue weighted by atomic mass is 10.0. The number of carbonyl (C=O) groups is 1. The molecule has 4 nitrogen and oxygen atoms in total. The third kappa shape index (κ3) is 3.48. The fraction of sp³-hybridized carbons (Fsp3) is 0.312. The van der Waals surface area contributed by atoms with Crippen LogP contribution in [0.4, 0.5) is 0 Å². The fourth-order valence-electron chi connectivity index (χ4n) is 2.18. The molecule has 20 heavy (non-hydrogen) atoms. The van der Waals surface area contributed by atoms with Crippen LogP contribution < -0.4 is 10.6 Å². The average Bonchev–Trinajstić information content (AvgIpc) is 2.40. The molecular weight excluding hydrogens is 252 g/mol. The van der Waals surface area contributed by atoms with Gasteiger partial charge in [0, 0.05) is 18.2 Å². The van der Waals surface area contributed by atoms with Gasteiger partial charge < -0.3 is 15.7 Å². The predicted molar refractivity (Wildman–Crippen MR) is 80.6 cm³/mol. The Morgan fingerprint density at radius 3 is 2.70 bits per heavy atom. The third-order valence-corrected chi connectivity index (χ3v) is 3.05. The maximum absolute atomic E-state index is 11.6. The number of nitrogens with one attached hydrogen (secondary N) is 2. The second-order valence-electron chi connectivity index (χ2n) is 5.11. The number of carbonyl (C=O) groups excluding carboxylic acids is 1. The minimum Gasteiger partial charge on any atom is -0.508 e. The Morgan fingerprint density at radius 1 is 1.20 bits per heavy atom. The Bertz CT molecular complexity index is 608. The minimum atomic E-state index is -0.0419. The van der Waals surface area contributed by atoms with Crippen molar-refractivity contribution >= 4 is 16.7 Å². The van der Waals surface area contributed by atoms with Gasteiger partial charge in [0.2, 0.25) is 5.91 Å². The number of benzene rings is 2. The van der Waals surface area contributed by atoms with Crippen LogP contribution in [0, 0.1) is 0 Å². The number of aromatic hydroxyl groups is 1. The Labute approximate surface area is 118 Å². The first-order valence-corrected chi connectivity index (χ1v) is 6.77. The maximum Gasteiger partial charge on any atom is 0.234 e. The van der Waals surface area contributed by atoms with Crippen LogP contribution in [-0.4, -0.2) is 23.6 Å². The number of hydrogen-bond donors (Lipinski definition) is 3. The standard InChI is InChI=1S/C16H20N2O2/c1-11(2)18-16(20)10-17-9-14-13-6-4-3-5-12(13)7-8-15(14)19/h3-8,11,17,19H,9-10H2,1-2H3,(H,18,20). The first-order chi connectivity index (χ1) is 9.58. The first-order valence-electron chi connectivity index (χ1n) is 6.77. The van der Waals surface area contributed by atoms with Crippen molar-refractivity contribution in [3.8, 4) is 5.75 Å². The number of fused-ring (bicyclic) bond motifs is 1. The monoisotopic (exact) mass is 272 g/mol. The van der Waals surface area contributed by atoms with Crippen molar-refractivity contribution in [1.82, 2.24) is 10.6 Å². The number of phenols is 1. The summed E-state index contributed by atoms with van der Waals surface area (Å²) in [4.78, 5) is 11.6. The molecule has 1 amide bonds. The predicted octanol–water partition coefficient (Wildman–Crippen LogP) is 2.16. The van der Waals surface area contributed by atoms with Crippen LogP contribution in [0.5, 0.6) is 5.75 Å². The topological polar surface area (TPSA) is 61.4 Å². The molecule has 0 aliphatic carbocycles. The van der Waals surface area contributed by atoms with Crippen molar-refractivity contribution in [3.63, 3.8) is 0 Å². The highest BCUT2D eigenvalue weighted by molar-refractivity contribution is 5.87. The van der Waals surface area contributed by atoms with Crippen molar-refractivity contribution in [2.75, 3.05) is 6.54 Å². The summed E-state index contributed by atoms with van der Waals surface area (Å²) in [5, 5.41) is 17.9. The molecule has 0 aromatic heterocycles. The summed E-state index contributed by atoms with van der Waals surface area (Å²) in [5.74, 6) is 0.209. The highest BCUT2D eigenvalue weighted by Gasteiger charge is 2.08. The molecule has 2 rings (SSSR count). The van der Waals surface area contributed by atoms with Crippen molar-refractivity contribution in [2.45, 2.75) is 26.4 Å². The molecule has 3 N–H and O–H groups in total. The van der Waals surface area contributed by atoms with E-state index in [-0.39, 0.29) is 24.2 Å². The van der Waals surface area contributed by atoms with E-state index in [0.29, 0.717) is 6.54 Å². The zero-order chi connectivity index (χ0) is 14.5. The van der Waals surface area contributed by atoms with Gasteiger partial charge in [-0.2, -0.15) is 0 Å². The number of amides is 1. The second-order valence-corrected chi connectivity index (χ2v) is 5.11. The quantitative estimate of drug-likeness (QED) is 0.781. The molecule has 0 atom stereocenters. The van der Waals surface area contributed by atoms with Gasteiger partial charge >= 0.3 is 0 Å². The van der Waals surface area contributed by atoms with E-state index < -0.39 is 0 Å². The summed E-state index contributed by atoms with van der Waals surface area (Å²) in [6, 6.07) is 11.6. The summed E-state index contributed by atoms with van der Waals surface area (Å²) < 4.78 is 0. The lowest BCUT2D eigenvalue weighted by Crippen LogP contribution is -2.37. The molecule has 2 aromatic carbocycles.